The molecule has 138 valence electrons. The molecule has 0 saturated heterocycles. The number of nitrogens with zero attached hydrogens (tertiary/aromatic N) is 1. The largest absolute Gasteiger partial charge is 0.385 e. The van der Waals surface area contributed by atoms with E-state index in [1.165, 1.54) is 56.1 Å². The fraction of sp³-hybridized carbons (Fsp3) is 0.652. The van der Waals surface area contributed by atoms with Gasteiger partial charge in [-0.2, -0.15) is 0 Å². The molecule has 1 N–H and O–H groups in total. The SMILES string of the molecule is CN(C)CC1CCCCC(=Cc2ccccc2)C1(O)C1CCCCC1. The first-order valence-corrected chi connectivity index (χ1v) is 10.2. The minimum Gasteiger partial charge on any atom is -0.385 e. The van der Waals surface area contributed by atoms with Crippen LogP contribution in [0.5, 0.6) is 0 Å². The molecule has 2 atom stereocenters. The second kappa shape index (κ2) is 8.51. The summed E-state index contributed by atoms with van der Waals surface area (Å²) in [7, 11) is 4.29. The van der Waals surface area contributed by atoms with Gasteiger partial charge in [0, 0.05) is 12.5 Å². The Bertz CT molecular complexity index is 559. The van der Waals surface area contributed by atoms with E-state index < -0.39 is 5.60 Å². The molecule has 2 heteroatoms. The fourth-order valence-electron chi connectivity index (χ4n) is 5.14. The fourth-order valence-corrected chi connectivity index (χ4v) is 5.14. The molecule has 1 aromatic carbocycles. The second-order valence-electron chi connectivity index (χ2n) is 8.45. The minimum atomic E-state index is -0.628. The summed E-state index contributed by atoms with van der Waals surface area (Å²) in [5.41, 5.74) is 1.91. The van der Waals surface area contributed by atoms with E-state index in [-0.39, 0.29) is 0 Å². The van der Waals surface area contributed by atoms with Gasteiger partial charge in [0.1, 0.15) is 0 Å². The van der Waals surface area contributed by atoms with Gasteiger partial charge >= 0.3 is 0 Å². The molecule has 3 rings (SSSR count). The first-order chi connectivity index (χ1) is 12.1. The Morgan fingerprint density at radius 2 is 1.68 bits per heavy atom. The summed E-state index contributed by atoms with van der Waals surface area (Å²) in [5.74, 6) is 0.780. The maximum Gasteiger partial charge on any atom is 0.0928 e. The molecule has 0 radical (unpaired) electrons. The molecule has 0 aromatic heterocycles. The minimum absolute atomic E-state index is 0.350. The molecule has 25 heavy (non-hydrogen) atoms. The monoisotopic (exact) mass is 341 g/mol. The summed E-state index contributed by atoms with van der Waals surface area (Å²) in [6, 6.07) is 10.6. The molecule has 2 saturated carbocycles. The van der Waals surface area contributed by atoms with Crippen molar-refractivity contribution in [3.63, 3.8) is 0 Å². The van der Waals surface area contributed by atoms with Gasteiger partial charge in [-0.05, 0) is 63.3 Å². The lowest BCUT2D eigenvalue weighted by Gasteiger charge is -2.46. The quantitative estimate of drug-likeness (QED) is 0.767. The Balaban J connectivity index is 2.00. The zero-order valence-electron chi connectivity index (χ0n) is 16.1. The smallest absolute Gasteiger partial charge is 0.0928 e. The molecule has 2 aliphatic rings. The van der Waals surface area contributed by atoms with Crippen LogP contribution in [-0.2, 0) is 0 Å². The van der Waals surface area contributed by atoms with Gasteiger partial charge in [0.2, 0.25) is 0 Å². The van der Waals surface area contributed by atoms with Crippen molar-refractivity contribution < 1.29 is 5.11 Å². The number of rotatable bonds is 4. The van der Waals surface area contributed by atoms with Crippen LogP contribution in [-0.4, -0.2) is 36.2 Å². The molecule has 0 amide bonds. The number of hydrogen-bond donors (Lipinski definition) is 1. The lowest BCUT2D eigenvalue weighted by molar-refractivity contribution is -0.0568. The van der Waals surface area contributed by atoms with Gasteiger partial charge in [-0.15, -0.1) is 0 Å². The van der Waals surface area contributed by atoms with Crippen molar-refractivity contribution >= 4 is 6.08 Å². The summed E-state index contributed by atoms with van der Waals surface area (Å²) < 4.78 is 0. The van der Waals surface area contributed by atoms with Gasteiger partial charge in [0.25, 0.3) is 0 Å². The van der Waals surface area contributed by atoms with Gasteiger partial charge in [-0.25, -0.2) is 0 Å². The zero-order valence-corrected chi connectivity index (χ0v) is 16.1. The highest BCUT2D eigenvalue weighted by atomic mass is 16.3. The average Bonchev–Trinajstić information content (AvgIpc) is 2.77. The average molecular weight is 342 g/mol. The van der Waals surface area contributed by atoms with Crippen LogP contribution in [0.3, 0.4) is 0 Å². The third-order valence-electron chi connectivity index (χ3n) is 6.34. The molecule has 0 bridgehead atoms. The first-order valence-electron chi connectivity index (χ1n) is 10.2. The molecule has 2 aliphatic carbocycles. The van der Waals surface area contributed by atoms with E-state index in [0.29, 0.717) is 11.8 Å². The van der Waals surface area contributed by atoms with E-state index in [1.54, 1.807) is 0 Å². The predicted octanol–water partition coefficient (Wildman–Crippen LogP) is 5.13. The van der Waals surface area contributed by atoms with Crippen LogP contribution in [0, 0.1) is 11.8 Å². The van der Waals surface area contributed by atoms with E-state index >= 15 is 0 Å². The molecule has 2 nitrogen and oxygen atoms in total. The highest BCUT2D eigenvalue weighted by Gasteiger charge is 2.47. The van der Waals surface area contributed by atoms with Crippen LogP contribution < -0.4 is 0 Å². The Hall–Kier alpha value is -1.12. The third kappa shape index (κ3) is 4.35. The van der Waals surface area contributed by atoms with Crippen molar-refractivity contribution in [3.05, 3.63) is 41.5 Å². The van der Waals surface area contributed by atoms with Crippen molar-refractivity contribution in [2.24, 2.45) is 11.8 Å². The molecule has 0 heterocycles. The standard InChI is InChI=1S/C23H35NO/c1-24(2)18-22-16-10-9-15-21(17-19-11-5-3-6-12-19)23(22,25)20-13-7-4-8-14-20/h3,5-6,11-12,17,20,22,25H,4,7-10,13-16,18H2,1-2H3. The molecular weight excluding hydrogens is 306 g/mol. The second-order valence-corrected chi connectivity index (χ2v) is 8.45. The number of benzene rings is 1. The van der Waals surface area contributed by atoms with Gasteiger partial charge in [0.05, 0.1) is 5.60 Å². The van der Waals surface area contributed by atoms with E-state index in [0.717, 1.165) is 19.4 Å². The molecule has 0 aliphatic heterocycles. The lowest BCUT2D eigenvalue weighted by Crippen LogP contribution is -2.50. The van der Waals surface area contributed by atoms with Crippen molar-refractivity contribution in [3.8, 4) is 0 Å². The molecule has 1 aromatic rings. The lowest BCUT2D eigenvalue weighted by atomic mass is 9.66. The van der Waals surface area contributed by atoms with Crippen LogP contribution in [0.1, 0.15) is 63.4 Å². The van der Waals surface area contributed by atoms with Crippen molar-refractivity contribution in [1.82, 2.24) is 4.90 Å². The summed E-state index contributed by atoms with van der Waals surface area (Å²) in [6.45, 7) is 0.985. The summed E-state index contributed by atoms with van der Waals surface area (Å²) in [6.07, 6.45) is 13.2. The number of aliphatic hydroxyl groups is 1. The van der Waals surface area contributed by atoms with Gasteiger partial charge in [0.15, 0.2) is 0 Å². The molecule has 0 spiro atoms. The van der Waals surface area contributed by atoms with Crippen LogP contribution in [0.2, 0.25) is 0 Å². The van der Waals surface area contributed by atoms with E-state index in [4.69, 9.17) is 0 Å². The number of hydrogen-bond acceptors (Lipinski definition) is 2. The van der Waals surface area contributed by atoms with Crippen LogP contribution >= 0.6 is 0 Å². The maximum absolute atomic E-state index is 12.2. The highest BCUT2D eigenvalue weighted by Crippen LogP contribution is 2.47. The normalized spacial score (nSPS) is 30.6. The van der Waals surface area contributed by atoms with Crippen LogP contribution in [0.4, 0.5) is 0 Å². The van der Waals surface area contributed by atoms with Crippen LogP contribution in [0.25, 0.3) is 6.08 Å². The summed E-state index contributed by atoms with van der Waals surface area (Å²) >= 11 is 0. The van der Waals surface area contributed by atoms with Crippen molar-refractivity contribution in [1.29, 1.82) is 0 Å². The Morgan fingerprint density at radius 1 is 1.00 bits per heavy atom. The summed E-state index contributed by atoms with van der Waals surface area (Å²) in [4.78, 5) is 2.27. The summed E-state index contributed by atoms with van der Waals surface area (Å²) in [5, 5.41) is 12.2. The van der Waals surface area contributed by atoms with Crippen molar-refractivity contribution in [2.45, 2.75) is 63.4 Å². The molecular formula is C23H35NO. The van der Waals surface area contributed by atoms with E-state index in [9.17, 15) is 5.11 Å². The van der Waals surface area contributed by atoms with Gasteiger partial charge in [-0.1, -0.05) is 62.1 Å². The zero-order chi connectivity index (χ0) is 17.7. The van der Waals surface area contributed by atoms with Gasteiger partial charge in [-0.3, -0.25) is 0 Å². The Morgan fingerprint density at radius 3 is 2.36 bits per heavy atom. The van der Waals surface area contributed by atoms with Gasteiger partial charge < -0.3 is 10.0 Å². The Kier molecular flexibility index (Phi) is 6.35. The molecule has 2 fully saturated rings. The van der Waals surface area contributed by atoms with Crippen LogP contribution in [0.15, 0.2) is 35.9 Å². The third-order valence-corrected chi connectivity index (χ3v) is 6.34. The Labute approximate surface area is 153 Å². The molecule has 2 unspecified atom stereocenters. The predicted molar refractivity (Wildman–Crippen MR) is 106 cm³/mol. The van der Waals surface area contributed by atoms with E-state index in [2.05, 4.69) is 55.4 Å². The maximum atomic E-state index is 12.2. The van der Waals surface area contributed by atoms with Crippen molar-refractivity contribution in [2.75, 3.05) is 20.6 Å². The highest BCUT2D eigenvalue weighted by molar-refractivity contribution is 5.55. The topological polar surface area (TPSA) is 23.5 Å². The van der Waals surface area contributed by atoms with E-state index in [1.807, 2.05) is 0 Å². The first kappa shape index (κ1) is 18.7.